The van der Waals surface area contributed by atoms with Crippen LogP contribution < -0.4 is 4.90 Å². The molecule has 0 aliphatic carbocycles. The molecule has 7 nitrogen and oxygen atoms in total. The Morgan fingerprint density at radius 1 is 1.12 bits per heavy atom. The van der Waals surface area contributed by atoms with Gasteiger partial charge in [0.2, 0.25) is 0 Å². The van der Waals surface area contributed by atoms with E-state index < -0.39 is 0 Å². The number of carbonyl (C=O) groups is 1. The number of amides is 1. The molecule has 1 aromatic carbocycles. The standard InChI is InChI=1S/C19H20N4O3/c1-2-25-19(24)23-11-9-22(10-12-23)18-14-6-3-4-7-15(14)20-17(21-18)16-8-5-13-26-16/h3-8,13H,2,9-12H2,1H3. The van der Waals surface area contributed by atoms with E-state index in [1.807, 2.05) is 43.3 Å². The van der Waals surface area contributed by atoms with E-state index in [0.29, 0.717) is 44.4 Å². The van der Waals surface area contributed by atoms with Crippen LogP contribution in [0.1, 0.15) is 6.92 Å². The Labute approximate surface area is 151 Å². The van der Waals surface area contributed by atoms with Gasteiger partial charge in [-0.25, -0.2) is 14.8 Å². The lowest BCUT2D eigenvalue weighted by atomic mass is 10.2. The Bertz CT molecular complexity index is 902. The molecule has 1 aliphatic rings. The lowest BCUT2D eigenvalue weighted by Crippen LogP contribution is -2.49. The monoisotopic (exact) mass is 352 g/mol. The van der Waals surface area contributed by atoms with E-state index in [9.17, 15) is 4.79 Å². The topological polar surface area (TPSA) is 71.7 Å². The van der Waals surface area contributed by atoms with Crippen molar-refractivity contribution >= 4 is 22.8 Å². The van der Waals surface area contributed by atoms with Gasteiger partial charge in [0, 0.05) is 31.6 Å². The second kappa shape index (κ2) is 7.03. The Balaban J connectivity index is 1.65. The largest absolute Gasteiger partial charge is 0.461 e. The van der Waals surface area contributed by atoms with Crippen LogP contribution in [0.15, 0.2) is 47.1 Å². The van der Waals surface area contributed by atoms with Gasteiger partial charge in [-0.05, 0) is 31.2 Å². The number of carbonyl (C=O) groups excluding carboxylic acids is 1. The zero-order valence-electron chi connectivity index (χ0n) is 14.6. The molecular weight excluding hydrogens is 332 g/mol. The first-order valence-electron chi connectivity index (χ1n) is 8.73. The number of hydrogen-bond donors (Lipinski definition) is 0. The fraction of sp³-hybridized carbons (Fsp3) is 0.316. The number of piperazine rings is 1. The van der Waals surface area contributed by atoms with Crippen LogP contribution in [0.4, 0.5) is 10.6 Å². The fourth-order valence-corrected chi connectivity index (χ4v) is 3.13. The number of hydrogen-bond acceptors (Lipinski definition) is 6. The summed E-state index contributed by atoms with van der Waals surface area (Å²) in [7, 11) is 0. The highest BCUT2D eigenvalue weighted by atomic mass is 16.6. The van der Waals surface area contributed by atoms with E-state index in [2.05, 4.69) is 9.88 Å². The molecule has 1 aliphatic heterocycles. The van der Waals surface area contributed by atoms with E-state index in [-0.39, 0.29) is 6.09 Å². The van der Waals surface area contributed by atoms with Crippen molar-refractivity contribution in [2.24, 2.45) is 0 Å². The molecule has 26 heavy (non-hydrogen) atoms. The summed E-state index contributed by atoms with van der Waals surface area (Å²) in [5.41, 5.74) is 0.872. The molecule has 0 unspecified atom stereocenters. The van der Waals surface area contributed by atoms with E-state index >= 15 is 0 Å². The van der Waals surface area contributed by atoms with Gasteiger partial charge in [-0.2, -0.15) is 0 Å². The first-order valence-corrected chi connectivity index (χ1v) is 8.73. The summed E-state index contributed by atoms with van der Waals surface area (Å²) < 4.78 is 10.6. The van der Waals surface area contributed by atoms with Crippen molar-refractivity contribution in [1.82, 2.24) is 14.9 Å². The van der Waals surface area contributed by atoms with E-state index in [1.54, 1.807) is 11.2 Å². The summed E-state index contributed by atoms with van der Waals surface area (Å²) in [5.74, 6) is 2.07. The zero-order chi connectivity index (χ0) is 17.9. The molecule has 0 spiro atoms. The number of para-hydroxylation sites is 1. The number of ether oxygens (including phenoxy) is 1. The van der Waals surface area contributed by atoms with Gasteiger partial charge >= 0.3 is 6.09 Å². The molecule has 1 saturated heterocycles. The van der Waals surface area contributed by atoms with Gasteiger partial charge in [-0.1, -0.05) is 12.1 Å². The van der Waals surface area contributed by atoms with Crippen LogP contribution >= 0.6 is 0 Å². The SMILES string of the molecule is CCOC(=O)N1CCN(c2nc(-c3ccco3)nc3ccccc23)CC1. The predicted molar refractivity (Wildman–Crippen MR) is 98.0 cm³/mol. The molecule has 2 aromatic heterocycles. The lowest BCUT2D eigenvalue weighted by Gasteiger charge is -2.35. The number of benzene rings is 1. The van der Waals surface area contributed by atoms with Crippen molar-refractivity contribution < 1.29 is 13.9 Å². The third-order valence-electron chi connectivity index (χ3n) is 4.43. The third kappa shape index (κ3) is 3.08. The average molecular weight is 352 g/mol. The highest BCUT2D eigenvalue weighted by Gasteiger charge is 2.24. The van der Waals surface area contributed by atoms with Gasteiger partial charge in [0.05, 0.1) is 18.4 Å². The first-order chi connectivity index (χ1) is 12.8. The number of fused-ring (bicyclic) bond motifs is 1. The van der Waals surface area contributed by atoms with E-state index in [0.717, 1.165) is 16.7 Å². The van der Waals surface area contributed by atoms with Crippen LogP contribution in [0.5, 0.6) is 0 Å². The summed E-state index contributed by atoms with van der Waals surface area (Å²) in [6.07, 6.45) is 1.36. The summed E-state index contributed by atoms with van der Waals surface area (Å²) in [6, 6.07) is 11.6. The molecule has 7 heteroatoms. The minimum absolute atomic E-state index is 0.254. The van der Waals surface area contributed by atoms with Crippen LogP contribution in [0.25, 0.3) is 22.5 Å². The Morgan fingerprint density at radius 3 is 2.65 bits per heavy atom. The van der Waals surface area contributed by atoms with Gasteiger partial charge in [0.25, 0.3) is 0 Å². The van der Waals surface area contributed by atoms with Crippen molar-refractivity contribution in [2.75, 3.05) is 37.7 Å². The van der Waals surface area contributed by atoms with Crippen LogP contribution in [0, 0.1) is 0 Å². The molecule has 0 atom stereocenters. The van der Waals surface area contributed by atoms with Gasteiger partial charge in [0.1, 0.15) is 5.82 Å². The fourth-order valence-electron chi connectivity index (χ4n) is 3.13. The van der Waals surface area contributed by atoms with Crippen LogP contribution in [0.3, 0.4) is 0 Å². The number of aromatic nitrogens is 2. The predicted octanol–water partition coefficient (Wildman–Crippen LogP) is 3.17. The second-order valence-corrected chi connectivity index (χ2v) is 6.04. The smallest absolute Gasteiger partial charge is 0.409 e. The molecule has 4 rings (SSSR count). The summed E-state index contributed by atoms with van der Waals surface area (Å²) in [6.45, 7) is 4.80. The van der Waals surface area contributed by atoms with E-state index in [4.69, 9.17) is 14.1 Å². The molecule has 3 aromatic rings. The summed E-state index contributed by atoms with van der Waals surface area (Å²) >= 11 is 0. The maximum Gasteiger partial charge on any atom is 0.409 e. The third-order valence-corrected chi connectivity index (χ3v) is 4.43. The first kappa shape index (κ1) is 16.4. The number of furan rings is 1. The molecule has 0 N–H and O–H groups in total. The Kier molecular flexibility index (Phi) is 4.43. The van der Waals surface area contributed by atoms with Crippen molar-refractivity contribution in [1.29, 1.82) is 0 Å². The van der Waals surface area contributed by atoms with Gasteiger partial charge < -0.3 is 19.0 Å². The zero-order valence-corrected chi connectivity index (χ0v) is 14.6. The van der Waals surface area contributed by atoms with Gasteiger partial charge in [0.15, 0.2) is 11.6 Å². The second-order valence-electron chi connectivity index (χ2n) is 6.04. The highest BCUT2D eigenvalue weighted by Crippen LogP contribution is 2.28. The molecular formula is C19H20N4O3. The normalized spacial score (nSPS) is 14.7. The summed E-state index contributed by atoms with van der Waals surface area (Å²) in [5, 5.41) is 0.993. The molecule has 0 bridgehead atoms. The van der Waals surface area contributed by atoms with Gasteiger partial charge in [-0.15, -0.1) is 0 Å². The number of anilines is 1. The van der Waals surface area contributed by atoms with Crippen LogP contribution in [0.2, 0.25) is 0 Å². The minimum atomic E-state index is -0.254. The molecule has 1 amide bonds. The Hall–Kier alpha value is -3.09. The molecule has 0 radical (unpaired) electrons. The van der Waals surface area contributed by atoms with Crippen molar-refractivity contribution in [2.45, 2.75) is 6.92 Å². The van der Waals surface area contributed by atoms with Gasteiger partial charge in [-0.3, -0.25) is 0 Å². The molecule has 134 valence electrons. The van der Waals surface area contributed by atoms with Crippen LogP contribution in [-0.2, 0) is 4.74 Å². The maximum atomic E-state index is 11.9. The number of rotatable bonds is 3. The molecule has 1 fully saturated rings. The van der Waals surface area contributed by atoms with Crippen LogP contribution in [-0.4, -0.2) is 53.7 Å². The van der Waals surface area contributed by atoms with E-state index in [1.165, 1.54) is 0 Å². The molecule has 3 heterocycles. The van der Waals surface area contributed by atoms with Crippen molar-refractivity contribution in [3.8, 4) is 11.6 Å². The number of nitrogens with zero attached hydrogens (tertiary/aromatic N) is 4. The molecule has 0 saturated carbocycles. The lowest BCUT2D eigenvalue weighted by molar-refractivity contribution is 0.105. The quantitative estimate of drug-likeness (QED) is 0.721. The van der Waals surface area contributed by atoms with Crippen molar-refractivity contribution in [3.05, 3.63) is 42.7 Å². The van der Waals surface area contributed by atoms with Crippen molar-refractivity contribution in [3.63, 3.8) is 0 Å². The minimum Gasteiger partial charge on any atom is -0.461 e. The average Bonchev–Trinajstić information content (AvgIpc) is 3.22. The maximum absolute atomic E-state index is 11.9. The highest BCUT2D eigenvalue weighted by molar-refractivity contribution is 5.91. The summed E-state index contributed by atoms with van der Waals surface area (Å²) in [4.78, 5) is 25.2. The Morgan fingerprint density at radius 2 is 1.92 bits per heavy atom.